The van der Waals surface area contributed by atoms with Crippen LogP contribution in [-0.4, -0.2) is 11.9 Å². The van der Waals surface area contributed by atoms with Crippen LogP contribution < -0.4 is 11.1 Å². The van der Waals surface area contributed by atoms with E-state index in [0.717, 1.165) is 12.5 Å². The van der Waals surface area contributed by atoms with Crippen LogP contribution in [0, 0.1) is 11.6 Å². The quantitative estimate of drug-likeness (QED) is 0.830. The molecule has 1 aromatic carbocycles. The molecule has 0 saturated heterocycles. The fraction of sp³-hybridized carbons (Fsp3) is 0.364. The summed E-state index contributed by atoms with van der Waals surface area (Å²) in [5.74, 6) is -2.59. The highest BCUT2D eigenvalue weighted by atomic mass is 19.1. The molecule has 0 aliphatic rings. The second-order valence-corrected chi connectivity index (χ2v) is 3.63. The summed E-state index contributed by atoms with van der Waals surface area (Å²) in [5, 5.41) is 2.83. The molecular formula is C11H14F2N2O. The molecule has 0 aliphatic heterocycles. The Morgan fingerprint density at radius 2 is 2.06 bits per heavy atom. The minimum Gasteiger partial charge on any atom is -0.380 e. The Kier molecular flexibility index (Phi) is 3.82. The van der Waals surface area contributed by atoms with E-state index in [1.165, 1.54) is 0 Å². The van der Waals surface area contributed by atoms with Gasteiger partial charge in [0.2, 0.25) is 0 Å². The van der Waals surface area contributed by atoms with Crippen molar-refractivity contribution < 1.29 is 13.6 Å². The first-order valence-electron chi connectivity index (χ1n) is 5.01. The smallest absolute Gasteiger partial charge is 0.251 e. The van der Waals surface area contributed by atoms with Crippen molar-refractivity contribution in [1.29, 1.82) is 0 Å². The molecule has 5 heteroatoms. The lowest BCUT2D eigenvalue weighted by Crippen LogP contribution is -2.18. The van der Waals surface area contributed by atoms with Crippen molar-refractivity contribution >= 4 is 11.6 Å². The average Bonchev–Trinajstić information content (AvgIpc) is 2.21. The van der Waals surface area contributed by atoms with E-state index >= 15 is 0 Å². The summed E-state index contributed by atoms with van der Waals surface area (Å²) in [6, 6.07) is 1.78. The molecule has 1 rings (SSSR count). The molecule has 0 fully saturated rings. The molecule has 0 aliphatic carbocycles. The molecule has 0 aromatic heterocycles. The molecular weight excluding hydrogens is 214 g/mol. The van der Waals surface area contributed by atoms with Crippen LogP contribution in [0.2, 0.25) is 0 Å². The van der Waals surface area contributed by atoms with Crippen LogP contribution in [0.4, 0.5) is 14.5 Å². The minimum absolute atomic E-state index is 0.0284. The standard InChI is InChI=1S/C11H14F2N2O/c1-3-6(2)15-10-4-7(11(14)16)8(12)5-9(10)13/h4-6,15H,3H2,1-2H3,(H2,14,16). The van der Waals surface area contributed by atoms with Crippen LogP contribution in [0.25, 0.3) is 0 Å². The van der Waals surface area contributed by atoms with Gasteiger partial charge in [0.25, 0.3) is 5.91 Å². The maximum absolute atomic E-state index is 13.3. The van der Waals surface area contributed by atoms with Gasteiger partial charge < -0.3 is 11.1 Å². The van der Waals surface area contributed by atoms with Gasteiger partial charge in [-0.3, -0.25) is 4.79 Å². The Morgan fingerprint density at radius 3 is 2.56 bits per heavy atom. The van der Waals surface area contributed by atoms with Crippen LogP contribution in [0.1, 0.15) is 30.6 Å². The van der Waals surface area contributed by atoms with Crippen LogP contribution in [0.15, 0.2) is 12.1 Å². The van der Waals surface area contributed by atoms with E-state index in [4.69, 9.17) is 5.73 Å². The van der Waals surface area contributed by atoms with Gasteiger partial charge >= 0.3 is 0 Å². The first kappa shape index (κ1) is 12.4. The fourth-order valence-corrected chi connectivity index (χ4v) is 1.22. The number of nitrogens with two attached hydrogens (primary N) is 1. The molecule has 1 atom stereocenters. The number of anilines is 1. The lowest BCUT2D eigenvalue weighted by atomic mass is 10.1. The van der Waals surface area contributed by atoms with E-state index in [-0.39, 0.29) is 17.3 Å². The molecule has 0 bridgehead atoms. The predicted molar refractivity (Wildman–Crippen MR) is 58.3 cm³/mol. The number of hydrogen-bond acceptors (Lipinski definition) is 2. The van der Waals surface area contributed by atoms with Crippen LogP contribution >= 0.6 is 0 Å². The van der Waals surface area contributed by atoms with Crippen molar-refractivity contribution in [3.63, 3.8) is 0 Å². The van der Waals surface area contributed by atoms with Crippen LogP contribution in [0.5, 0.6) is 0 Å². The van der Waals surface area contributed by atoms with Crippen molar-refractivity contribution in [2.75, 3.05) is 5.32 Å². The van der Waals surface area contributed by atoms with Gasteiger partial charge in [0.15, 0.2) is 0 Å². The molecule has 1 unspecified atom stereocenters. The van der Waals surface area contributed by atoms with Crippen molar-refractivity contribution in [2.24, 2.45) is 5.73 Å². The third kappa shape index (κ3) is 2.68. The van der Waals surface area contributed by atoms with Crippen molar-refractivity contribution in [2.45, 2.75) is 26.3 Å². The summed E-state index contributed by atoms with van der Waals surface area (Å²) in [5.41, 5.74) is 4.74. The van der Waals surface area contributed by atoms with Crippen LogP contribution in [0.3, 0.4) is 0 Å². The lowest BCUT2D eigenvalue weighted by molar-refractivity contribution is 0.0996. The molecule has 0 saturated carbocycles. The first-order chi connectivity index (χ1) is 7.45. The highest BCUT2D eigenvalue weighted by Gasteiger charge is 2.14. The number of nitrogens with one attached hydrogen (secondary N) is 1. The zero-order valence-electron chi connectivity index (χ0n) is 9.18. The molecule has 0 radical (unpaired) electrons. The highest BCUT2D eigenvalue weighted by molar-refractivity contribution is 5.94. The minimum atomic E-state index is -0.945. The number of hydrogen-bond donors (Lipinski definition) is 2. The van der Waals surface area contributed by atoms with E-state index in [1.54, 1.807) is 0 Å². The summed E-state index contributed by atoms with van der Waals surface area (Å²) in [6.07, 6.45) is 0.780. The average molecular weight is 228 g/mol. The normalized spacial score (nSPS) is 12.2. The van der Waals surface area contributed by atoms with Gasteiger partial charge in [0.1, 0.15) is 11.6 Å². The van der Waals surface area contributed by atoms with E-state index in [9.17, 15) is 13.6 Å². The van der Waals surface area contributed by atoms with Gasteiger partial charge in [-0.05, 0) is 19.4 Å². The number of rotatable bonds is 4. The van der Waals surface area contributed by atoms with Gasteiger partial charge in [0.05, 0.1) is 11.3 Å². The summed E-state index contributed by atoms with van der Waals surface area (Å²) in [6.45, 7) is 3.78. The second kappa shape index (κ2) is 4.92. The lowest BCUT2D eigenvalue weighted by Gasteiger charge is -2.14. The number of benzene rings is 1. The molecule has 1 amide bonds. The van der Waals surface area contributed by atoms with Gasteiger partial charge in [-0.25, -0.2) is 8.78 Å². The van der Waals surface area contributed by atoms with E-state index in [0.29, 0.717) is 6.07 Å². The molecule has 1 aromatic rings. The predicted octanol–water partition coefficient (Wildman–Crippen LogP) is 2.27. The van der Waals surface area contributed by atoms with Crippen molar-refractivity contribution in [3.8, 4) is 0 Å². The summed E-state index contributed by atoms with van der Waals surface area (Å²) < 4.78 is 26.5. The molecule has 88 valence electrons. The molecule has 3 N–H and O–H groups in total. The summed E-state index contributed by atoms with van der Waals surface area (Å²) in [4.78, 5) is 10.9. The largest absolute Gasteiger partial charge is 0.380 e. The van der Waals surface area contributed by atoms with Gasteiger partial charge in [0, 0.05) is 12.1 Å². The molecule has 0 heterocycles. The molecule has 3 nitrogen and oxygen atoms in total. The maximum Gasteiger partial charge on any atom is 0.251 e. The highest BCUT2D eigenvalue weighted by Crippen LogP contribution is 2.20. The third-order valence-corrected chi connectivity index (χ3v) is 2.34. The number of primary amides is 1. The van der Waals surface area contributed by atoms with Gasteiger partial charge in [-0.15, -0.1) is 0 Å². The zero-order valence-corrected chi connectivity index (χ0v) is 9.18. The van der Waals surface area contributed by atoms with Crippen molar-refractivity contribution in [1.82, 2.24) is 0 Å². The topological polar surface area (TPSA) is 55.1 Å². The molecule has 0 spiro atoms. The zero-order chi connectivity index (χ0) is 12.3. The van der Waals surface area contributed by atoms with E-state index in [1.807, 2.05) is 13.8 Å². The maximum atomic E-state index is 13.3. The monoisotopic (exact) mass is 228 g/mol. The van der Waals surface area contributed by atoms with E-state index < -0.39 is 17.5 Å². The Labute approximate surface area is 92.6 Å². The first-order valence-corrected chi connectivity index (χ1v) is 5.01. The molecule has 16 heavy (non-hydrogen) atoms. The summed E-state index contributed by atoms with van der Waals surface area (Å²) >= 11 is 0. The van der Waals surface area contributed by atoms with Gasteiger partial charge in [-0.1, -0.05) is 6.92 Å². The summed E-state index contributed by atoms with van der Waals surface area (Å²) in [7, 11) is 0. The second-order valence-electron chi connectivity index (χ2n) is 3.63. The Bertz CT molecular complexity index is 407. The number of halogens is 2. The Morgan fingerprint density at radius 1 is 1.44 bits per heavy atom. The number of amides is 1. The van der Waals surface area contributed by atoms with Crippen molar-refractivity contribution in [3.05, 3.63) is 29.3 Å². The third-order valence-electron chi connectivity index (χ3n) is 2.34. The number of carbonyl (C=O) groups is 1. The number of carbonyl (C=O) groups excluding carboxylic acids is 1. The van der Waals surface area contributed by atoms with Crippen LogP contribution in [-0.2, 0) is 0 Å². The Balaban J connectivity index is 3.09. The fourth-order valence-electron chi connectivity index (χ4n) is 1.22. The van der Waals surface area contributed by atoms with Gasteiger partial charge in [-0.2, -0.15) is 0 Å². The Hall–Kier alpha value is -1.65. The SMILES string of the molecule is CCC(C)Nc1cc(C(N)=O)c(F)cc1F. The van der Waals surface area contributed by atoms with E-state index in [2.05, 4.69) is 5.32 Å².